The first-order chi connectivity index (χ1) is 13.2. The topological polar surface area (TPSA) is 86.1 Å². The maximum atomic E-state index is 12.6. The van der Waals surface area contributed by atoms with Crippen molar-refractivity contribution in [2.45, 2.75) is 63.5 Å². The van der Waals surface area contributed by atoms with Gasteiger partial charge in [0.05, 0.1) is 24.9 Å². The van der Waals surface area contributed by atoms with Crippen molar-refractivity contribution in [3.8, 4) is 0 Å². The number of imidazole rings is 1. The number of nitrogens with zero attached hydrogens (tertiary/aromatic N) is 3. The van der Waals surface area contributed by atoms with E-state index in [-0.39, 0.29) is 23.8 Å². The summed E-state index contributed by atoms with van der Waals surface area (Å²) in [4.78, 5) is 33.2. The molecule has 7 heteroatoms. The lowest BCUT2D eigenvalue weighted by Crippen LogP contribution is -2.38. The molecule has 0 bridgehead atoms. The summed E-state index contributed by atoms with van der Waals surface area (Å²) in [5.74, 6) is -0.311. The number of pyridine rings is 1. The fourth-order valence-corrected chi connectivity index (χ4v) is 4.40. The molecule has 0 spiro atoms. The van der Waals surface area contributed by atoms with Crippen LogP contribution in [-0.2, 0) is 9.53 Å². The lowest BCUT2D eigenvalue weighted by atomic mass is 9.86. The van der Waals surface area contributed by atoms with Gasteiger partial charge in [-0.25, -0.2) is 9.97 Å². The fourth-order valence-electron chi connectivity index (χ4n) is 4.40. The van der Waals surface area contributed by atoms with E-state index in [1.807, 2.05) is 12.4 Å². The molecule has 2 aromatic rings. The predicted molar refractivity (Wildman–Crippen MR) is 100 cm³/mol. The van der Waals surface area contributed by atoms with Gasteiger partial charge in [0, 0.05) is 18.3 Å². The number of ether oxygens (including phenoxy) is 1. The smallest absolute Gasteiger partial charge is 0.308 e. The summed E-state index contributed by atoms with van der Waals surface area (Å²) in [6.45, 7) is 0. The van der Waals surface area contributed by atoms with Gasteiger partial charge in [-0.1, -0.05) is 12.8 Å². The van der Waals surface area contributed by atoms with Gasteiger partial charge in [-0.05, 0) is 44.6 Å². The average molecular weight is 370 g/mol. The van der Waals surface area contributed by atoms with Crippen molar-refractivity contribution in [2.24, 2.45) is 5.92 Å². The number of nitrogens with one attached hydrogen (secondary N) is 1. The van der Waals surface area contributed by atoms with E-state index < -0.39 is 0 Å². The summed E-state index contributed by atoms with van der Waals surface area (Å²) in [5, 5.41) is 3.07. The number of carbonyl (C=O) groups excluding carboxylic acids is 2. The van der Waals surface area contributed by atoms with Gasteiger partial charge in [-0.2, -0.15) is 0 Å². The largest absolute Gasteiger partial charge is 0.469 e. The Morgan fingerprint density at radius 3 is 2.56 bits per heavy atom. The van der Waals surface area contributed by atoms with Crippen LogP contribution in [0.3, 0.4) is 0 Å². The third-order valence-corrected chi connectivity index (χ3v) is 5.99. The van der Waals surface area contributed by atoms with Gasteiger partial charge < -0.3 is 14.6 Å². The monoisotopic (exact) mass is 370 g/mol. The van der Waals surface area contributed by atoms with Crippen LogP contribution < -0.4 is 5.32 Å². The van der Waals surface area contributed by atoms with Crippen molar-refractivity contribution < 1.29 is 14.3 Å². The number of amides is 1. The van der Waals surface area contributed by atoms with Crippen LogP contribution >= 0.6 is 0 Å². The van der Waals surface area contributed by atoms with Gasteiger partial charge in [-0.3, -0.25) is 9.59 Å². The summed E-state index contributed by atoms with van der Waals surface area (Å²) in [5.41, 5.74) is 2.16. The predicted octanol–water partition coefficient (Wildman–Crippen LogP) is 3.01. The highest BCUT2D eigenvalue weighted by atomic mass is 16.5. The number of aromatic nitrogens is 3. The van der Waals surface area contributed by atoms with Crippen molar-refractivity contribution in [2.75, 3.05) is 7.11 Å². The highest BCUT2D eigenvalue weighted by molar-refractivity contribution is 5.96. The third kappa shape index (κ3) is 3.68. The quantitative estimate of drug-likeness (QED) is 0.836. The van der Waals surface area contributed by atoms with E-state index in [9.17, 15) is 9.59 Å². The van der Waals surface area contributed by atoms with Crippen LogP contribution in [-0.4, -0.2) is 39.6 Å². The molecule has 0 aromatic carbocycles. The van der Waals surface area contributed by atoms with Crippen LogP contribution in [0, 0.1) is 5.92 Å². The number of hydrogen-bond acceptors (Lipinski definition) is 5. The molecule has 0 radical (unpaired) electrons. The van der Waals surface area contributed by atoms with E-state index in [4.69, 9.17) is 4.74 Å². The Balaban J connectivity index is 1.40. The van der Waals surface area contributed by atoms with Crippen LogP contribution in [0.25, 0.3) is 11.2 Å². The molecular weight excluding hydrogens is 344 g/mol. The Kier molecular flexibility index (Phi) is 5.09. The molecule has 1 N–H and O–H groups in total. The molecule has 0 saturated heterocycles. The SMILES string of the molecule is COC(=O)C1CCC(NC(=O)c2cnc3c(c2)ncn3C2CCCC2)CC1. The van der Waals surface area contributed by atoms with Gasteiger partial charge in [0.2, 0.25) is 0 Å². The number of fused-ring (bicyclic) bond motifs is 1. The molecule has 0 unspecified atom stereocenters. The number of methoxy groups -OCH3 is 1. The molecule has 2 heterocycles. The van der Waals surface area contributed by atoms with Crippen LogP contribution in [0.1, 0.15) is 67.8 Å². The second-order valence-corrected chi connectivity index (χ2v) is 7.70. The number of hydrogen-bond donors (Lipinski definition) is 1. The molecule has 4 rings (SSSR count). The molecule has 27 heavy (non-hydrogen) atoms. The number of rotatable bonds is 4. The minimum absolute atomic E-state index is 0.0410. The van der Waals surface area contributed by atoms with Gasteiger partial charge in [0.15, 0.2) is 5.65 Å². The molecule has 2 aromatic heterocycles. The molecule has 2 aliphatic carbocycles. The van der Waals surface area contributed by atoms with Crippen molar-refractivity contribution in [3.05, 3.63) is 24.2 Å². The first-order valence-corrected chi connectivity index (χ1v) is 9.87. The minimum Gasteiger partial charge on any atom is -0.469 e. The maximum Gasteiger partial charge on any atom is 0.308 e. The van der Waals surface area contributed by atoms with Gasteiger partial charge in [0.1, 0.15) is 5.52 Å². The van der Waals surface area contributed by atoms with Crippen LogP contribution in [0.15, 0.2) is 18.6 Å². The summed E-state index contributed by atoms with van der Waals surface area (Å²) in [7, 11) is 1.42. The summed E-state index contributed by atoms with van der Waals surface area (Å²) >= 11 is 0. The number of carbonyl (C=O) groups is 2. The highest BCUT2D eigenvalue weighted by Gasteiger charge is 2.28. The van der Waals surface area contributed by atoms with E-state index in [0.29, 0.717) is 11.6 Å². The zero-order valence-corrected chi connectivity index (χ0v) is 15.7. The molecule has 144 valence electrons. The zero-order chi connectivity index (χ0) is 18.8. The molecule has 2 aliphatic rings. The maximum absolute atomic E-state index is 12.6. The van der Waals surface area contributed by atoms with Gasteiger partial charge in [-0.15, -0.1) is 0 Å². The van der Waals surface area contributed by atoms with Crippen molar-refractivity contribution in [3.63, 3.8) is 0 Å². The van der Waals surface area contributed by atoms with E-state index in [1.54, 1.807) is 6.20 Å². The minimum atomic E-state index is -0.146. The Labute approximate surface area is 158 Å². The van der Waals surface area contributed by atoms with Crippen molar-refractivity contribution in [1.82, 2.24) is 19.9 Å². The van der Waals surface area contributed by atoms with E-state index in [0.717, 1.165) is 36.8 Å². The van der Waals surface area contributed by atoms with Crippen LogP contribution in [0.4, 0.5) is 0 Å². The molecule has 1 amide bonds. The molecule has 2 saturated carbocycles. The second kappa shape index (κ2) is 7.66. The van der Waals surface area contributed by atoms with Gasteiger partial charge >= 0.3 is 5.97 Å². The number of esters is 1. The molecule has 7 nitrogen and oxygen atoms in total. The van der Waals surface area contributed by atoms with Crippen LogP contribution in [0.5, 0.6) is 0 Å². The summed E-state index contributed by atoms with van der Waals surface area (Å²) in [6.07, 6.45) is 11.4. The van der Waals surface area contributed by atoms with Crippen molar-refractivity contribution in [1.29, 1.82) is 0 Å². The molecule has 2 fully saturated rings. The summed E-state index contributed by atoms with van der Waals surface area (Å²) in [6, 6.07) is 2.39. The van der Waals surface area contributed by atoms with E-state index in [1.165, 1.54) is 32.8 Å². The van der Waals surface area contributed by atoms with Gasteiger partial charge in [0.25, 0.3) is 5.91 Å². The van der Waals surface area contributed by atoms with E-state index in [2.05, 4.69) is 19.9 Å². The Morgan fingerprint density at radius 1 is 1.11 bits per heavy atom. The first-order valence-electron chi connectivity index (χ1n) is 9.87. The third-order valence-electron chi connectivity index (χ3n) is 5.99. The first kappa shape index (κ1) is 17.9. The molecular formula is C20H26N4O3. The Morgan fingerprint density at radius 2 is 1.85 bits per heavy atom. The normalized spacial score (nSPS) is 23.4. The summed E-state index contributed by atoms with van der Waals surface area (Å²) < 4.78 is 6.96. The second-order valence-electron chi connectivity index (χ2n) is 7.70. The standard InChI is InChI=1S/C20H26N4O3/c1-27-20(26)13-6-8-15(9-7-13)23-19(25)14-10-17-18(21-11-14)24(12-22-17)16-4-2-3-5-16/h10-13,15-16H,2-9H2,1H3,(H,23,25). The highest BCUT2D eigenvalue weighted by Crippen LogP contribution is 2.31. The Bertz CT molecular complexity index is 833. The van der Waals surface area contributed by atoms with Crippen LogP contribution in [0.2, 0.25) is 0 Å². The lowest BCUT2D eigenvalue weighted by molar-refractivity contribution is -0.146. The lowest BCUT2D eigenvalue weighted by Gasteiger charge is -2.27. The Hall–Kier alpha value is -2.44. The molecule has 0 aliphatic heterocycles. The van der Waals surface area contributed by atoms with Crippen molar-refractivity contribution >= 4 is 23.0 Å². The molecule has 0 atom stereocenters. The zero-order valence-electron chi connectivity index (χ0n) is 15.7. The van der Waals surface area contributed by atoms with E-state index >= 15 is 0 Å². The fraction of sp³-hybridized carbons (Fsp3) is 0.600. The average Bonchev–Trinajstić information content (AvgIpc) is 3.36.